The Bertz CT molecular complexity index is 816. The Morgan fingerprint density at radius 3 is 2.42 bits per heavy atom. The number of aryl methyl sites for hydroxylation is 1. The Morgan fingerprint density at radius 1 is 1.15 bits per heavy atom. The van der Waals surface area contributed by atoms with Crippen LogP contribution in [-0.2, 0) is 0 Å². The monoisotopic (exact) mass is 349 g/mol. The maximum atomic E-state index is 4.70. The molecule has 0 aliphatic carbocycles. The molecular formula is C23H31N3. The van der Waals surface area contributed by atoms with Crippen molar-refractivity contribution in [3.8, 4) is 0 Å². The lowest BCUT2D eigenvalue weighted by Gasteiger charge is -2.45. The molecule has 1 aliphatic rings. The van der Waals surface area contributed by atoms with Crippen LogP contribution in [0.3, 0.4) is 0 Å². The Kier molecular flexibility index (Phi) is 4.83. The van der Waals surface area contributed by atoms with E-state index in [1.165, 1.54) is 34.5 Å². The topological polar surface area (TPSA) is 18.8 Å². The fourth-order valence-corrected chi connectivity index (χ4v) is 3.85. The van der Waals surface area contributed by atoms with E-state index in [1.54, 1.807) is 0 Å². The van der Waals surface area contributed by atoms with E-state index in [9.17, 15) is 0 Å². The molecule has 138 valence electrons. The lowest BCUT2D eigenvalue weighted by atomic mass is 9.79. The molecule has 26 heavy (non-hydrogen) atoms. The van der Waals surface area contributed by atoms with Gasteiger partial charge in [0.25, 0.3) is 0 Å². The molecule has 0 fully saturated rings. The van der Waals surface area contributed by atoms with Crippen molar-refractivity contribution < 1.29 is 0 Å². The Morgan fingerprint density at radius 2 is 1.81 bits per heavy atom. The van der Waals surface area contributed by atoms with Gasteiger partial charge in [0.05, 0.1) is 5.69 Å². The third-order valence-corrected chi connectivity index (χ3v) is 5.74. The van der Waals surface area contributed by atoms with Gasteiger partial charge >= 0.3 is 0 Å². The molecule has 3 heteroatoms. The number of aliphatic imine (C=N–C) groups is 1. The average molecular weight is 350 g/mol. The summed E-state index contributed by atoms with van der Waals surface area (Å²) in [5.41, 5.74) is 7.64. The molecule has 0 amide bonds. The number of benzene rings is 2. The zero-order valence-corrected chi connectivity index (χ0v) is 17.2. The summed E-state index contributed by atoms with van der Waals surface area (Å²) < 4.78 is 0. The molecule has 0 spiro atoms. The van der Waals surface area contributed by atoms with Crippen LogP contribution in [-0.4, -0.2) is 32.9 Å². The second-order valence-corrected chi connectivity index (χ2v) is 8.41. The summed E-state index contributed by atoms with van der Waals surface area (Å²) in [6.45, 7) is 9.17. The van der Waals surface area contributed by atoms with Crippen molar-refractivity contribution in [1.82, 2.24) is 0 Å². The first-order valence-corrected chi connectivity index (χ1v) is 9.39. The van der Waals surface area contributed by atoms with Crippen LogP contribution in [0, 0.1) is 6.92 Å². The number of hydrogen-bond donors (Lipinski definition) is 0. The maximum Gasteiger partial charge on any atom is 0.0631 e. The quantitative estimate of drug-likeness (QED) is 0.678. The van der Waals surface area contributed by atoms with Crippen LogP contribution in [0.15, 0.2) is 41.4 Å². The van der Waals surface area contributed by atoms with Gasteiger partial charge in [-0.2, -0.15) is 0 Å². The molecule has 0 N–H and O–H groups in total. The molecule has 3 rings (SSSR count). The van der Waals surface area contributed by atoms with Crippen molar-refractivity contribution in [2.75, 3.05) is 30.9 Å². The summed E-state index contributed by atoms with van der Waals surface area (Å²) in [6.07, 6.45) is 3.18. The summed E-state index contributed by atoms with van der Waals surface area (Å²) >= 11 is 0. The van der Waals surface area contributed by atoms with Gasteiger partial charge in [0.2, 0.25) is 0 Å². The van der Waals surface area contributed by atoms with Crippen molar-refractivity contribution in [1.29, 1.82) is 0 Å². The highest BCUT2D eigenvalue weighted by molar-refractivity contribution is 5.86. The summed E-state index contributed by atoms with van der Waals surface area (Å²) in [5.74, 6) is 0.559. The van der Waals surface area contributed by atoms with Gasteiger partial charge in [-0.1, -0.05) is 6.92 Å². The third kappa shape index (κ3) is 3.48. The molecule has 0 bridgehead atoms. The maximum absolute atomic E-state index is 4.70. The molecule has 0 saturated carbocycles. The molecule has 1 heterocycles. The summed E-state index contributed by atoms with van der Waals surface area (Å²) in [5, 5.41) is 0. The van der Waals surface area contributed by atoms with Crippen LogP contribution < -0.4 is 9.80 Å². The van der Waals surface area contributed by atoms with Gasteiger partial charge in [0.1, 0.15) is 0 Å². The smallest absolute Gasteiger partial charge is 0.0631 e. The predicted octanol–water partition coefficient (Wildman–Crippen LogP) is 5.53. The van der Waals surface area contributed by atoms with Gasteiger partial charge < -0.3 is 9.80 Å². The molecule has 1 atom stereocenters. The molecule has 0 radical (unpaired) electrons. The van der Waals surface area contributed by atoms with Crippen LogP contribution in [0.2, 0.25) is 0 Å². The second kappa shape index (κ2) is 6.79. The molecule has 3 nitrogen and oxygen atoms in total. The highest BCUT2D eigenvalue weighted by Gasteiger charge is 2.34. The van der Waals surface area contributed by atoms with Crippen LogP contribution >= 0.6 is 0 Å². The second-order valence-electron chi connectivity index (χ2n) is 8.41. The minimum atomic E-state index is 0.197. The van der Waals surface area contributed by atoms with Gasteiger partial charge in [0.15, 0.2) is 0 Å². The van der Waals surface area contributed by atoms with E-state index in [4.69, 9.17) is 4.99 Å². The Balaban J connectivity index is 1.91. The highest BCUT2D eigenvalue weighted by Crippen LogP contribution is 2.43. The third-order valence-electron chi connectivity index (χ3n) is 5.74. The van der Waals surface area contributed by atoms with Crippen molar-refractivity contribution >= 4 is 23.3 Å². The van der Waals surface area contributed by atoms with Gasteiger partial charge in [0, 0.05) is 44.3 Å². The standard InChI is InChI=1S/C23H31N3/c1-16-12-22-21(17(2)14-23(3,4)26(22)7)13-18(16)15-24-19-8-10-20(11-9-19)25(5)6/h8-13,15,17H,14H2,1-7H3/t17-/m1/s1. The molecule has 0 saturated heterocycles. The summed E-state index contributed by atoms with van der Waals surface area (Å²) in [4.78, 5) is 9.23. The zero-order valence-electron chi connectivity index (χ0n) is 17.2. The average Bonchev–Trinajstić information content (AvgIpc) is 2.58. The van der Waals surface area contributed by atoms with E-state index in [0.29, 0.717) is 5.92 Å². The van der Waals surface area contributed by atoms with Gasteiger partial charge in [-0.25, -0.2) is 0 Å². The summed E-state index contributed by atoms with van der Waals surface area (Å²) in [7, 11) is 6.31. The first-order chi connectivity index (χ1) is 12.2. The highest BCUT2D eigenvalue weighted by atomic mass is 15.2. The largest absolute Gasteiger partial charge is 0.378 e. The van der Waals surface area contributed by atoms with E-state index < -0.39 is 0 Å². The minimum Gasteiger partial charge on any atom is -0.378 e. The molecule has 2 aromatic carbocycles. The van der Waals surface area contributed by atoms with E-state index in [0.717, 1.165) is 5.69 Å². The van der Waals surface area contributed by atoms with Crippen LogP contribution in [0.4, 0.5) is 17.1 Å². The van der Waals surface area contributed by atoms with Crippen LogP contribution in [0.5, 0.6) is 0 Å². The molecule has 2 aromatic rings. The summed E-state index contributed by atoms with van der Waals surface area (Å²) in [6, 6.07) is 13.0. The van der Waals surface area contributed by atoms with Gasteiger partial charge in [-0.3, -0.25) is 4.99 Å². The van der Waals surface area contributed by atoms with Crippen molar-refractivity contribution in [2.45, 2.75) is 45.6 Å². The van der Waals surface area contributed by atoms with Crippen molar-refractivity contribution in [3.05, 3.63) is 53.1 Å². The minimum absolute atomic E-state index is 0.197. The first kappa shape index (κ1) is 18.5. The number of fused-ring (bicyclic) bond motifs is 1. The fourth-order valence-electron chi connectivity index (χ4n) is 3.85. The Hall–Kier alpha value is -2.29. The van der Waals surface area contributed by atoms with Gasteiger partial charge in [-0.15, -0.1) is 0 Å². The molecular weight excluding hydrogens is 318 g/mol. The number of hydrogen-bond acceptors (Lipinski definition) is 3. The number of anilines is 2. The van der Waals surface area contributed by atoms with E-state index in [2.05, 4.69) is 80.9 Å². The fraction of sp³-hybridized carbons (Fsp3) is 0.435. The lowest BCUT2D eigenvalue weighted by Crippen LogP contribution is -2.45. The van der Waals surface area contributed by atoms with Crippen molar-refractivity contribution in [3.63, 3.8) is 0 Å². The van der Waals surface area contributed by atoms with Crippen LogP contribution in [0.1, 0.15) is 49.8 Å². The van der Waals surface area contributed by atoms with E-state index >= 15 is 0 Å². The van der Waals surface area contributed by atoms with Crippen LogP contribution in [0.25, 0.3) is 0 Å². The zero-order chi connectivity index (χ0) is 19.1. The van der Waals surface area contributed by atoms with E-state index in [1.807, 2.05) is 20.3 Å². The first-order valence-electron chi connectivity index (χ1n) is 9.39. The predicted molar refractivity (Wildman–Crippen MR) is 115 cm³/mol. The van der Waals surface area contributed by atoms with Crippen molar-refractivity contribution in [2.24, 2.45) is 4.99 Å². The lowest BCUT2D eigenvalue weighted by molar-refractivity contribution is 0.395. The molecule has 0 unspecified atom stereocenters. The molecule has 0 aromatic heterocycles. The Labute approximate surface area is 158 Å². The van der Waals surface area contributed by atoms with Gasteiger partial charge in [-0.05, 0) is 86.2 Å². The number of nitrogens with zero attached hydrogens (tertiary/aromatic N) is 3. The normalized spacial score (nSPS) is 18.9. The van der Waals surface area contributed by atoms with E-state index in [-0.39, 0.29) is 5.54 Å². The SMILES string of the molecule is Cc1cc2c(cc1C=Nc1ccc(N(C)C)cc1)[C@H](C)CC(C)(C)N2C. The number of rotatable bonds is 3. The molecule has 1 aliphatic heterocycles.